The van der Waals surface area contributed by atoms with E-state index in [9.17, 15) is 5.11 Å². The Morgan fingerprint density at radius 2 is 2.24 bits per heavy atom. The average molecular weight is 232 g/mol. The Morgan fingerprint density at radius 3 is 2.76 bits per heavy atom. The summed E-state index contributed by atoms with van der Waals surface area (Å²) >= 11 is 0. The second kappa shape index (κ2) is 4.36. The summed E-state index contributed by atoms with van der Waals surface area (Å²) in [5.41, 5.74) is 1.05. The van der Waals surface area contributed by atoms with Gasteiger partial charge in [0.25, 0.3) is 0 Å². The van der Waals surface area contributed by atoms with E-state index in [1.165, 1.54) is 0 Å². The molecule has 1 aliphatic rings. The van der Waals surface area contributed by atoms with E-state index in [2.05, 4.69) is 11.0 Å². The second-order valence-electron chi connectivity index (χ2n) is 4.78. The third-order valence-corrected chi connectivity index (χ3v) is 2.93. The highest BCUT2D eigenvalue weighted by Crippen LogP contribution is 2.26. The standard InChI is InChI=1S/C13H16N2O2/c1-13(16)8-15(9-13)7-11-5-10(6-14)3-4-12(11)17-2/h3-5,16H,7-9H2,1-2H3. The third-order valence-electron chi connectivity index (χ3n) is 2.93. The van der Waals surface area contributed by atoms with Crippen LogP contribution in [0.2, 0.25) is 0 Å². The second-order valence-corrected chi connectivity index (χ2v) is 4.78. The maximum Gasteiger partial charge on any atom is 0.123 e. The van der Waals surface area contributed by atoms with Gasteiger partial charge in [0.1, 0.15) is 5.75 Å². The summed E-state index contributed by atoms with van der Waals surface area (Å²) in [6.07, 6.45) is 0. The minimum Gasteiger partial charge on any atom is -0.496 e. The van der Waals surface area contributed by atoms with Gasteiger partial charge in [-0.15, -0.1) is 0 Å². The van der Waals surface area contributed by atoms with Crippen molar-refractivity contribution in [1.29, 1.82) is 5.26 Å². The van der Waals surface area contributed by atoms with Gasteiger partial charge in [-0.3, -0.25) is 4.90 Å². The highest BCUT2D eigenvalue weighted by molar-refractivity contribution is 5.42. The molecule has 1 saturated heterocycles. The number of hydrogen-bond donors (Lipinski definition) is 1. The zero-order valence-electron chi connectivity index (χ0n) is 10.1. The zero-order valence-corrected chi connectivity index (χ0v) is 10.1. The largest absolute Gasteiger partial charge is 0.496 e. The van der Waals surface area contributed by atoms with Crippen molar-refractivity contribution < 1.29 is 9.84 Å². The number of β-amino-alcohol motifs (C(OH)–C–C–N with tert-alkyl or cyclic N) is 1. The Bertz CT molecular complexity index is 455. The van der Waals surface area contributed by atoms with Gasteiger partial charge >= 0.3 is 0 Å². The van der Waals surface area contributed by atoms with E-state index < -0.39 is 5.60 Å². The zero-order chi connectivity index (χ0) is 12.5. The van der Waals surface area contributed by atoms with Gasteiger partial charge in [-0.2, -0.15) is 5.26 Å². The van der Waals surface area contributed by atoms with Crippen LogP contribution in [0, 0.1) is 11.3 Å². The van der Waals surface area contributed by atoms with Crippen LogP contribution in [0.3, 0.4) is 0 Å². The molecule has 0 bridgehead atoms. The molecule has 0 atom stereocenters. The summed E-state index contributed by atoms with van der Waals surface area (Å²) in [7, 11) is 1.62. The molecule has 1 fully saturated rings. The van der Waals surface area contributed by atoms with E-state index in [1.807, 2.05) is 19.1 Å². The van der Waals surface area contributed by atoms with E-state index >= 15 is 0 Å². The maximum absolute atomic E-state index is 9.66. The Labute approximate surface area is 101 Å². The SMILES string of the molecule is COc1ccc(C#N)cc1CN1CC(C)(O)C1. The minimum atomic E-state index is -0.569. The molecule has 1 aliphatic heterocycles. The van der Waals surface area contributed by atoms with Crippen LogP contribution < -0.4 is 4.74 Å². The molecule has 0 spiro atoms. The van der Waals surface area contributed by atoms with Gasteiger partial charge in [0.2, 0.25) is 0 Å². The van der Waals surface area contributed by atoms with Gasteiger partial charge in [0.05, 0.1) is 24.3 Å². The molecule has 17 heavy (non-hydrogen) atoms. The predicted octanol–water partition coefficient (Wildman–Crippen LogP) is 1.13. The fourth-order valence-electron chi connectivity index (χ4n) is 2.24. The first kappa shape index (κ1) is 11.9. The summed E-state index contributed by atoms with van der Waals surface area (Å²) in [4.78, 5) is 2.12. The van der Waals surface area contributed by atoms with Crippen LogP contribution in [0.25, 0.3) is 0 Å². The highest BCUT2D eigenvalue weighted by Gasteiger charge is 2.36. The average Bonchev–Trinajstić information content (AvgIpc) is 2.26. The van der Waals surface area contributed by atoms with Crippen molar-refractivity contribution in [3.63, 3.8) is 0 Å². The molecule has 4 heteroatoms. The third kappa shape index (κ3) is 2.57. The van der Waals surface area contributed by atoms with Crippen LogP contribution in [0.1, 0.15) is 18.1 Å². The summed E-state index contributed by atoms with van der Waals surface area (Å²) < 4.78 is 5.27. The molecule has 0 saturated carbocycles. The smallest absolute Gasteiger partial charge is 0.123 e. The van der Waals surface area contributed by atoms with Crippen molar-refractivity contribution in [3.05, 3.63) is 29.3 Å². The lowest BCUT2D eigenvalue weighted by Crippen LogP contribution is -2.59. The Balaban J connectivity index is 2.12. The number of nitriles is 1. The van der Waals surface area contributed by atoms with E-state index in [1.54, 1.807) is 13.2 Å². The lowest BCUT2D eigenvalue weighted by atomic mass is 9.96. The molecule has 1 aromatic rings. The molecule has 90 valence electrons. The molecule has 0 unspecified atom stereocenters. The summed E-state index contributed by atoms with van der Waals surface area (Å²) in [6.45, 7) is 3.85. The van der Waals surface area contributed by atoms with Gasteiger partial charge in [0.15, 0.2) is 0 Å². The topological polar surface area (TPSA) is 56.5 Å². The summed E-state index contributed by atoms with van der Waals surface area (Å²) in [5, 5.41) is 18.5. The molecule has 2 rings (SSSR count). The predicted molar refractivity (Wildman–Crippen MR) is 63.6 cm³/mol. The van der Waals surface area contributed by atoms with E-state index in [0.717, 1.165) is 11.3 Å². The molecule has 4 nitrogen and oxygen atoms in total. The first-order valence-corrected chi connectivity index (χ1v) is 5.56. The summed E-state index contributed by atoms with van der Waals surface area (Å²) in [5.74, 6) is 0.788. The van der Waals surface area contributed by atoms with Gasteiger partial charge < -0.3 is 9.84 Å². The number of aliphatic hydroxyl groups is 1. The Kier molecular flexibility index (Phi) is 3.05. The van der Waals surface area contributed by atoms with Crippen LogP contribution in [-0.2, 0) is 6.54 Å². The number of benzene rings is 1. The number of nitrogens with zero attached hydrogens (tertiary/aromatic N) is 2. The monoisotopic (exact) mass is 232 g/mol. The number of rotatable bonds is 3. The van der Waals surface area contributed by atoms with Crippen molar-refractivity contribution in [2.75, 3.05) is 20.2 Å². The normalized spacial score (nSPS) is 18.2. The molecule has 0 aliphatic carbocycles. The maximum atomic E-state index is 9.66. The number of likely N-dealkylation sites (tertiary alicyclic amines) is 1. The molecule has 1 N–H and O–H groups in total. The van der Waals surface area contributed by atoms with E-state index in [4.69, 9.17) is 10.00 Å². The molecule has 0 amide bonds. The first-order chi connectivity index (χ1) is 8.04. The lowest BCUT2D eigenvalue weighted by molar-refractivity contribution is -0.0873. The number of hydrogen-bond acceptors (Lipinski definition) is 4. The molecule has 0 aromatic heterocycles. The van der Waals surface area contributed by atoms with Crippen LogP contribution in [0.5, 0.6) is 5.75 Å². The van der Waals surface area contributed by atoms with Crippen molar-refractivity contribution in [3.8, 4) is 11.8 Å². The van der Waals surface area contributed by atoms with Gasteiger partial charge in [-0.1, -0.05) is 0 Å². The van der Waals surface area contributed by atoms with Crippen LogP contribution >= 0.6 is 0 Å². The van der Waals surface area contributed by atoms with Gasteiger partial charge in [-0.05, 0) is 25.1 Å². The lowest BCUT2D eigenvalue weighted by Gasteiger charge is -2.44. The summed E-state index contributed by atoms with van der Waals surface area (Å²) in [6, 6.07) is 7.52. The molecular weight excluding hydrogens is 216 g/mol. The number of ether oxygens (including phenoxy) is 1. The van der Waals surface area contributed by atoms with Crippen LogP contribution in [-0.4, -0.2) is 35.8 Å². The Morgan fingerprint density at radius 1 is 1.53 bits per heavy atom. The fraction of sp³-hybridized carbons (Fsp3) is 0.462. The van der Waals surface area contributed by atoms with Gasteiger partial charge in [0, 0.05) is 25.2 Å². The fourth-order valence-corrected chi connectivity index (χ4v) is 2.24. The van der Waals surface area contributed by atoms with Crippen molar-refractivity contribution in [2.45, 2.75) is 19.1 Å². The van der Waals surface area contributed by atoms with Crippen molar-refractivity contribution >= 4 is 0 Å². The van der Waals surface area contributed by atoms with Crippen molar-refractivity contribution in [1.82, 2.24) is 4.90 Å². The molecule has 1 heterocycles. The quantitative estimate of drug-likeness (QED) is 0.849. The van der Waals surface area contributed by atoms with E-state index in [-0.39, 0.29) is 0 Å². The van der Waals surface area contributed by atoms with Crippen LogP contribution in [0.4, 0.5) is 0 Å². The molecule has 1 aromatic carbocycles. The van der Waals surface area contributed by atoms with E-state index in [0.29, 0.717) is 25.2 Å². The Hall–Kier alpha value is -1.57. The highest BCUT2D eigenvalue weighted by atomic mass is 16.5. The molecule has 0 radical (unpaired) electrons. The first-order valence-electron chi connectivity index (χ1n) is 5.56. The number of methoxy groups -OCH3 is 1. The minimum absolute atomic E-state index is 0.569. The molecular formula is C13H16N2O2. The van der Waals surface area contributed by atoms with Crippen molar-refractivity contribution in [2.24, 2.45) is 0 Å². The van der Waals surface area contributed by atoms with Gasteiger partial charge in [-0.25, -0.2) is 0 Å². The van der Waals surface area contributed by atoms with Crippen LogP contribution in [0.15, 0.2) is 18.2 Å².